The van der Waals surface area contributed by atoms with Gasteiger partial charge < -0.3 is 14.4 Å². The molecule has 8 heteroatoms. The summed E-state index contributed by atoms with van der Waals surface area (Å²) >= 11 is 1.32. The molecule has 1 rings (SSSR count). The molecule has 0 fully saturated rings. The molecule has 0 radical (unpaired) electrons. The van der Waals surface area contributed by atoms with Gasteiger partial charge in [-0.05, 0) is 6.92 Å². The lowest BCUT2D eigenvalue weighted by atomic mass is 10.4. The molecule has 1 heterocycles. The molecular weight excluding hydrogens is 268 g/mol. The van der Waals surface area contributed by atoms with Crippen molar-refractivity contribution in [2.45, 2.75) is 12.1 Å². The molecule has 108 valence electrons. The number of rotatable bonds is 9. The van der Waals surface area contributed by atoms with Crippen LogP contribution in [0.2, 0.25) is 0 Å². The summed E-state index contributed by atoms with van der Waals surface area (Å²) in [5.41, 5.74) is 0. The number of amides is 1. The molecule has 0 aliphatic heterocycles. The van der Waals surface area contributed by atoms with Crippen LogP contribution in [-0.2, 0) is 14.3 Å². The summed E-state index contributed by atoms with van der Waals surface area (Å²) in [6, 6.07) is 0. The number of hydrogen-bond acceptors (Lipinski definition) is 6. The number of H-pyrrole nitrogens is 1. The van der Waals surface area contributed by atoms with Crippen LogP contribution >= 0.6 is 11.8 Å². The van der Waals surface area contributed by atoms with Gasteiger partial charge in [0.15, 0.2) is 0 Å². The number of aryl methyl sites for hydroxylation is 1. The van der Waals surface area contributed by atoms with Crippen LogP contribution in [0.3, 0.4) is 0 Å². The lowest BCUT2D eigenvalue weighted by Gasteiger charge is -2.21. The first-order valence-corrected chi connectivity index (χ1v) is 6.93. The molecule has 7 nitrogen and oxygen atoms in total. The van der Waals surface area contributed by atoms with Crippen molar-refractivity contribution in [1.82, 2.24) is 20.1 Å². The SMILES string of the molecule is COCCN(CCOC)C(=O)CSc1n[nH]c(C)n1. The number of carbonyl (C=O) groups excluding carboxylic acids is 1. The number of nitrogens with zero attached hydrogens (tertiary/aromatic N) is 3. The Kier molecular flexibility index (Phi) is 7.46. The van der Waals surface area contributed by atoms with E-state index in [0.29, 0.717) is 37.2 Å². The summed E-state index contributed by atoms with van der Waals surface area (Å²) in [4.78, 5) is 17.9. The van der Waals surface area contributed by atoms with E-state index >= 15 is 0 Å². The summed E-state index contributed by atoms with van der Waals surface area (Å²) in [6.07, 6.45) is 0. The first-order chi connectivity index (χ1) is 9.17. The number of methoxy groups -OCH3 is 2. The van der Waals surface area contributed by atoms with E-state index in [1.807, 2.05) is 6.92 Å². The van der Waals surface area contributed by atoms with Gasteiger partial charge in [0.25, 0.3) is 0 Å². The van der Waals surface area contributed by atoms with E-state index in [2.05, 4.69) is 15.2 Å². The predicted octanol–water partition coefficient (Wildman–Crippen LogP) is 0.327. The molecule has 19 heavy (non-hydrogen) atoms. The van der Waals surface area contributed by atoms with Gasteiger partial charge in [-0.25, -0.2) is 4.98 Å². The van der Waals surface area contributed by atoms with Gasteiger partial charge in [-0.2, -0.15) is 0 Å². The van der Waals surface area contributed by atoms with E-state index in [1.54, 1.807) is 19.1 Å². The first kappa shape index (κ1) is 15.9. The molecule has 0 aromatic carbocycles. The number of hydrogen-bond donors (Lipinski definition) is 1. The normalized spacial score (nSPS) is 10.7. The van der Waals surface area contributed by atoms with Gasteiger partial charge in [-0.3, -0.25) is 9.89 Å². The second-order valence-electron chi connectivity index (χ2n) is 3.86. The van der Waals surface area contributed by atoms with Gasteiger partial charge in [0.2, 0.25) is 11.1 Å². The summed E-state index contributed by atoms with van der Waals surface area (Å²) in [7, 11) is 3.23. The van der Waals surface area contributed by atoms with Crippen molar-refractivity contribution in [3.8, 4) is 0 Å². The van der Waals surface area contributed by atoms with Crippen molar-refractivity contribution in [1.29, 1.82) is 0 Å². The molecule has 0 spiro atoms. The highest BCUT2D eigenvalue weighted by atomic mass is 32.2. The highest BCUT2D eigenvalue weighted by molar-refractivity contribution is 7.99. The Morgan fingerprint density at radius 2 is 1.95 bits per heavy atom. The van der Waals surface area contributed by atoms with E-state index in [4.69, 9.17) is 9.47 Å². The lowest BCUT2D eigenvalue weighted by molar-refractivity contribution is -0.129. The van der Waals surface area contributed by atoms with Crippen molar-refractivity contribution in [3.05, 3.63) is 5.82 Å². The molecule has 1 N–H and O–H groups in total. The molecular formula is C11H20N4O3S. The summed E-state index contributed by atoms with van der Waals surface area (Å²) in [6.45, 7) is 3.97. The first-order valence-electron chi connectivity index (χ1n) is 5.94. The molecule has 1 aromatic rings. The third kappa shape index (κ3) is 6.04. The predicted molar refractivity (Wildman–Crippen MR) is 72.2 cm³/mol. The monoisotopic (exact) mass is 288 g/mol. The van der Waals surface area contributed by atoms with Crippen LogP contribution in [0.25, 0.3) is 0 Å². The molecule has 0 unspecified atom stereocenters. The van der Waals surface area contributed by atoms with Crippen LogP contribution in [-0.4, -0.2) is 72.3 Å². The van der Waals surface area contributed by atoms with E-state index in [0.717, 1.165) is 5.82 Å². The molecule has 0 aliphatic carbocycles. The molecule has 0 aliphatic rings. The number of aromatic amines is 1. The van der Waals surface area contributed by atoms with Crippen LogP contribution in [0, 0.1) is 6.92 Å². The van der Waals surface area contributed by atoms with Crippen LogP contribution in [0.4, 0.5) is 0 Å². The van der Waals surface area contributed by atoms with Crippen molar-refractivity contribution in [2.24, 2.45) is 0 Å². The van der Waals surface area contributed by atoms with E-state index in [1.165, 1.54) is 11.8 Å². The van der Waals surface area contributed by atoms with E-state index < -0.39 is 0 Å². The van der Waals surface area contributed by atoms with Crippen LogP contribution in [0.1, 0.15) is 5.82 Å². The van der Waals surface area contributed by atoms with Crippen LogP contribution in [0.15, 0.2) is 5.16 Å². The van der Waals surface area contributed by atoms with Gasteiger partial charge in [0.1, 0.15) is 5.82 Å². The fourth-order valence-electron chi connectivity index (χ4n) is 1.37. The van der Waals surface area contributed by atoms with Gasteiger partial charge in [0.05, 0.1) is 19.0 Å². The number of nitrogens with one attached hydrogen (secondary N) is 1. The van der Waals surface area contributed by atoms with Crippen molar-refractivity contribution >= 4 is 17.7 Å². The lowest BCUT2D eigenvalue weighted by Crippen LogP contribution is -2.37. The third-order valence-electron chi connectivity index (χ3n) is 2.38. The highest BCUT2D eigenvalue weighted by Crippen LogP contribution is 2.12. The molecule has 0 bridgehead atoms. The largest absolute Gasteiger partial charge is 0.383 e. The fourth-order valence-corrected chi connectivity index (χ4v) is 2.12. The van der Waals surface area contributed by atoms with Gasteiger partial charge in [0, 0.05) is 27.3 Å². The van der Waals surface area contributed by atoms with Crippen molar-refractivity contribution in [3.63, 3.8) is 0 Å². The summed E-state index contributed by atoms with van der Waals surface area (Å²) in [5.74, 6) is 1.08. The second kappa shape index (κ2) is 8.89. The maximum atomic E-state index is 12.1. The molecule has 1 aromatic heterocycles. The Balaban J connectivity index is 2.41. The molecule has 0 saturated heterocycles. The zero-order valence-electron chi connectivity index (χ0n) is 11.5. The van der Waals surface area contributed by atoms with E-state index in [-0.39, 0.29) is 5.91 Å². The third-order valence-corrected chi connectivity index (χ3v) is 3.22. The Morgan fingerprint density at radius 1 is 1.32 bits per heavy atom. The van der Waals surface area contributed by atoms with Gasteiger partial charge in [-0.1, -0.05) is 11.8 Å². The Hall–Kier alpha value is -1.12. The molecule has 0 saturated carbocycles. The summed E-state index contributed by atoms with van der Waals surface area (Å²) < 4.78 is 9.99. The molecule has 0 atom stereocenters. The maximum Gasteiger partial charge on any atom is 0.233 e. The zero-order chi connectivity index (χ0) is 14.1. The minimum atomic E-state index is 0.0292. The highest BCUT2D eigenvalue weighted by Gasteiger charge is 2.14. The number of aromatic nitrogens is 3. The Morgan fingerprint density at radius 3 is 2.42 bits per heavy atom. The summed E-state index contributed by atoms with van der Waals surface area (Å²) in [5, 5.41) is 7.31. The number of thioether (sulfide) groups is 1. The quantitative estimate of drug-likeness (QED) is 0.659. The number of ether oxygens (including phenoxy) is 2. The average Bonchev–Trinajstić information content (AvgIpc) is 2.82. The Labute approximate surface area is 117 Å². The minimum absolute atomic E-state index is 0.0292. The van der Waals surface area contributed by atoms with Crippen LogP contribution < -0.4 is 0 Å². The van der Waals surface area contributed by atoms with E-state index in [9.17, 15) is 4.79 Å². The topological polar surface area (TPSA) is 80.3 Å². The maximum absolute atomic E-state index is 12.1. The fraction of sp³-hybridized carbons (Fsp3) is 0.727. The smallest absolute Gasteiger partial charge is 0.233 e. The van der Waals surface area contributed by atoms with Gasteiger partial charge >= 0.3 is 0 Å². The Bertz CT molecular complexity index is 378. The average molecular weight is 288 g/mol. The second-order valence-corrected chi connectivity index (χ2v) is 4.80. The van der Waals surface area contributed by atoms with Crippen LogP contribution in [0.5, 0.6) is 0 Å². The standard InChI is InChI=1S/C11H20N4O3S/c1-9-12-11(14-13-9)19-8-10(16)15(4-6-17-2)5-7-18-3/h4-8H2,1-3H3,(H,12,13,14). The van der Waals surface area contributed by atoms with Gasteiger partial charge in [-0.15, -0.1) is 5.10 Å². The van der Waals surface area contributed by atoms with Crippen molar-refractivity contribution in [2.75, 3.05) is 46.3 Å². The molecule has 1 amide bonds. The number of carbonyl (C=O) groups is 1. The van der Waals surface area contributed by atoms with Crippen molar-refractivity contribution < 1.29 is 14.3 Å². The zero-order valence-corrected chi connectivity index (χ0v) is 12.3. The minimum Gasteiger partial charge on any atom is -0.383 e.